The molecule has 2 atom stereocenters. The van der Waals surface area contributed by atoms with Crippen LogP contribution in [0.4, 0.5) is 0 Å². The lowest BCUT2D eigenvalue weighted by atomic mass is 9.82. The summed E-state index contributed by atoms with van der Waals surface area (Å²) in [4.78, 5) is 0. The largest absolute Gasteiger partial charge is 0.385 e. The van der Waals surface area contributed by atoms with Crippen molar-refractivity contribution in [3.63, 3.8) is 0 Å². The maximum absolute atomic E-state index is 10.6. The van der Waals surface area contributed by atoms with Crippen molar-refractivity contribution in [2.24, 2.45) is 0 Å². The van der Waals surface area contributed by atoms with E-state index in [1.54, 1.807) is 0 Å². The molecule has 1 aromatic carbocycles. The third kappa shape index (κ3) is 2.28. The lowest BCUT2D eigenvalue weighted by Gasteiger charge is -2.36. The molecule has 2 N–H and O–H groups in total. The van der Waals surface area contributed by atoms with Gasteiger partial charge < -0.3 is 10.4 Å². The van der Waals surface area contributed by atoms with Crippen molar-refractivity contribution in [1.82, 2.24) is 5.32 Å². The predicted octanol–water partition coefficient (Wildman–Crippen LogP) is 2.21. The molecule has 0 saturated carbocycles. The van der Waals surface area contributed by atoms with E-state index in [1.807, 2.05) is 0 Å². The third-order valence-electron chi connectivity index (χ3n) is 3.57. The molecule has 2 rings (SSSR count). The van der Waals surface area contributed by atoms with Crippen molar-refractivity contribution in [2.75, 3.05) is 6.54 Å². The van der Waals surface area contributed by atoms with Gasteiger partial charge in [0.15, 0.2) is 0 Å². The number of aliphatic hydroxyl groups is 1. The summed E-state index contributed by atoms with van der Waals surface area (Å²) >= 11 is 0. The van der Waals surface area contributed by atoms with E-state index < -0.39 is 5.60 Å². The highest BCUT2D eigenvalue weighted by atomic mass is 16.3. The van der Waals surface area contributed by atoms with E-state index in [0.29, 0.717) is 6.04 Å². The lowest BCUT2D eigenvalue weighted by Crippen LogP contribution is -2.44. The normalized spacial score (nSPS) is 30.3. The Morgan fingerprint density at radius 1 is 1.38 bits per heavy atom. The van der Waals surface area contributed by atoms with Crippen molar-refractivity contribution in [1.29, 1.82) is 0 Å². The van der Waals surface area contributed by atoms with Crippen LogP contribution in [-0.2, 0) is 12.0 Å². The van der Waals surface area contributed by atoms with Crippen LogP contribution in [0.1, 0.15) is 37.8 Å². The minimum absolute atomic E-state index is 0.393. The van der Waals surface area contributed by atoms with E-state index >= 15 is 0 Å². The fourth-order valence-electron chi connectivity index (χ4n) is 2.52. The summed E-state index contributed by atoms with van der Waals surface area (Å²) in [6, 6.07) is 8.80. The minimum atomic E-state index is -0.628. The lowest BCUT2D eigenvalue weighted by molar-refractivity contribution is -0.00647. The fourth-order valence-corrected chi connectivity index (χ4v) is 2.52. The zero-order valence-electron chi connectivity index (χ0n) is 10.2. The Labute approximate surface area is 97.7 Å². The summed E-state index contributed by atoms with van der Waals surface area (Å²) < 4.78 is 0. The second-order valence-electron chi connectivity index (χ2n) is 4.89. The van der Waals surface area contributed by atoms with Crippen molar-refractivity contribution in [2.45, 2.75) is 44.8 Å². The van der Waals surface area contributed by atoms with Gasteiger partial charge in [0.05, 0.1) is 5.60 Å². The molecule has 0 aromatic heterocycles. The molecule has 1 aliphatic heterocycles. The standard InChI is InChI=1S/C14H21NO/c1-3-12-4-6-13(7-5-12)14(16)8-9-15-11(2)10-14/h4-7,11,15-16H,3,8-10H2,1-2H3. The van der Waals surface area contributed by atoms with Gasteiger partial charge in [-0.05, 0) is 43.9 Å². The maximum atomic E-state index is 10.6. The Kier molecular flexibility index (Phi) is 3.31. The summed E-state index contributed by atoms with van der Waals surface area (Å²) in [7, 11) is 0. The zero-order valence-corrected chi connectivity index (χ0v) is 10.2. The molecule has 0 aliphatic carbocycles. The quantitative estimate of drug-likeness (QED) is 0.799. The van der Waals surface area contributed by atoms with E-state index in [-0.39, 0.29) is 0 Å². The molecule has 88 valence electrons. The Morgan fingerprint density at radius 3 is 2.62 bits per heavy atom. The van der Waals surface area contributed by atoms with Gasteiger partial charge >= 0.3 is 0 Å². The molecule has 2 unspecified atom stereocenters. The predicted molar refractivity (Wildman–Crippen MR) is 66.4 cm³/mol. The number of aryl methyl sites for hydroxylation is 1. The molecular formula is C14H21NO. The zero-order chi connectivity index (χ0) is 11.6. The van der Waals surface area contributed by atoms with E-state index in [9.17, 15) is 5.11 Å². The molecule has 1 fully saturated rings. The minimum Gasteiger partial charge on any atom is -0.385 e. The smallest absolute Gasteiger partial charge is 0.0923 e. The molecule has 2 nitrogen and oxygen atoms in total. The van der Waals surface area contributed by atoms with Crippen molar-refractivity contribution < 1.29 is 5.11 Å². The van der Waals surface area contributed by atoms with Crippen LogP contribution in [0, 0.1) is 0 Å². The first-order valence-corrected chi connectivity index (χ1v) is 6.19. The molecule has 1 aromatic rings. The molecule has 0 amide bonds. The average molecular weight is 219 g/mol. The van der Waals surface area contributed by atoms with Crippen molar-refractivity contribution in [3.8, 4) is 0 Å². The van der Waals surface area contributed by atoms with E-state index in [0.717, 1.165) is 31.4 Å². The van der Waals surface area contributed by atoms with Crippen LogP contribution in [0.5, 0.6) is 0 Å². The number of rotatable bonds is 2. The monoisotopic (exact) mass is 219 g/mol. The number of benzene rings is 1. The highest BCUT2D eigenvalue weighted by molar-refractivity contribution is 5.28. The van der Waals surface area contributed by atoms with Crippen LogP contribution in [0.3, 0.4) is 0 Å². The van der Waals surface area contributed by atoms with Gasteiger partial charge in [-0.25, -0.2) is 0 Å². The topological polar surface area (TPSA) is 32.3 Å². The van der Waals surface area contributed by atoms with Crippen LogP contribution in [-0.4, -0.2) is 17.7 Å². The second kappa shape index (κ2) is 4.56. The van der Waals surface area contributed by atoms with Gasteiger partial charge in [-0.1, -0.05) is 31.2 Å². The number of hydrogen-bond acceptors (Lipinski definition) is 2. The third-order valence-corrected chi connectivity index (χ3v) is 3.57. The first-order chi connectivity index (χ1) is 7.64. The number of nitrogens with one attached hydrogen (secondary N) is 1. The molecular weight excluding hydrogens is 198 g/mol. The Morgan fingerprint density at radius 2 is 2.06 bits per heavy atom. The molecule has 0 radical (unpaired) electrons. The van der Waals surface area contributed by atoms with E-state index in [2.05, 4.69) is 43.4 Å². The summed E-state index contributed by atoms with van der Waals surface area (Å²) in [5, 5.41) is 14.0. The van der Waals surface area contributed by atoms with Crippen LogP contribution >= 0.6 is 0 Å². The van der Waals surface area contributed by atoms with Gasteiger partial charge in [-0.3, -0.25) is 0 Å². The highest BCUT2D eigenvalue weighted by Crippen LogP contribution is 2.32. The summed E-state index contributed by atoms with van der Waals surface area (Å²) in [6.07, 6.45) is 2.66. The first-order valence-electron chi connectivity index (χ1n) is 6.19. The second-order valence-corrected chi connectivity index (χ2v) is 4.89. The van der Waals surface area contributed by atoms with Gasteiger partial charge in [-0.2, -0.15) is 0 Å². The molecule has 16 heavy (non-hydrogen) atoms. The van der Waals surface area contributed by atoms with E-state index in [1.165, 1.54) is 5.56 Å². The molecule has 2 heteroatoms. The van der Waals surface area contributed by atoms with Gasteiger partial charge in [0.1, 0.15) is 0 Å². The van der Waals surface area contributed by atoms with Gasteiger partial charge in [0, 0.05) is 6.04 Å². The average Bonchev–Trinajstić information content (AvgIpc) is 2.29. The van der Waals surface area contributed by atoms with Gasteiger partial charge in [-0.15, -0.1) is 0 Å². The van der Waals surface area contributed by atoms with Crippen LogP contribution in [0.15, 0.2) is 24.3 Å². The van der Waals surface area contributed by atoms with Gasteiger partial charge in [0.2, 0.25) is 0 Å². The van der Waals surface area contributed by atoms with Crippen LogP contribution < -0.4 is 5.32 Å². The molecule has 0 bridgehead atoms. The molecule has 1 heterocycles. The van der Waals surface area contributed by atoms with Crippen LogP contribution in [0.2, 0.25) is 0 Å². The van der Waals surface area contributed by atoms with Gasteiger partial charge in [0.25, 0.3) is 0 Å². The molecule has 0 spiro atoms. The summed E-state index contributed by atoms with van der Waals surface area (Å²) in [5.74, 6) is 0. The Balaban J connectivity index is 2.20. The number of piperidine rings is 1. The SMILES string of the molecule is CCc1ccc(C2(O)CCNC(C)C2)cc1. The summed E-state index contributed by atoms with van der Waals surface area (Å²) in [5.41, 5.74) is 1.77. The van der Waals surface area contributed by atoms with Crippen molar-refractivity contribution >= 4 is 0 Å². The van der Waals surface area contributed by atoms with Crippen LogP contribution in [0.25, 0.3) is 0 Å². The highest BCUT2D eigenvalue weighted by Gasteiger charge is 2.33. The fraction of sp³-hybridized carbons (Fsp3) is 0.571. The van der Waals surface area contributed by atoms with E-state index in [4.69, 9.17) is 0 Å². The summed E-state index contributed by atoms with van der Waals surface area (Å²) in [6.45, 7) is 5.17. The Bertz CT molecular complexity index is 346. The molecule has 1 saturated heterocycles. The van der Waals surface area contributed by atoms with Crippen molar-refractivity contribution in [3.05, 3.63) is 35.4 Å². The maximum Gasteiger partial charge on any atom is 0.0923 e. The first kappa shape index (κ1) is 11.6. The Hall–Kier alpha value is -0.860. The number of hydrogen-bond donors (Lipinski definition) is 2. The molecule has 1 aliphatic rings.